The number of rotatable bonds is 6. The molecule has 0 aromatic heterocycles. The third-order valence-electron chi connectivity index (χ3n) is 7.36. The SMILES string of the molecule is COc1cccc(C(=O)Nc2ccc3c(c2)OC[C@@H](C)N(CC2CC2)C[C@@H](C)[C@H](OC)CN(C)C3=O)c1. The Hall–Kier alpha value is -3.10. The van der Waals surface area contributed by atoms with Crippen molar-refractivity contribution in [3.63, 3.8) is 0 Å². The van der Waals surface area contributed by atoms with E-state index in [2.05, 4.69) is 24.1 Å². The lowest BCUT2D eigenvalue weighted by Crippen LogP contribution is -2.47. The molecule has 1 aliphatic heterocycles. The van der Waals surface area contributed by atoms with Gasteiger partial charge in [-0.1, -0.05) is 13.0 Å². The summed E-state index contributed by atoms with van der Waals surface area (Å²) in [6.45, 7) is 7.21. The van der Waals surface area contributed by atoms with Gasteiger partial charge in [0.2, 0.25) is 0 Å². The lowest BCUT2D eigenvalue weighted by Gasteiger charge is -2.36. The van der Waals surface area contributed by atoms with E-state index in [1.807, 2.05) is 0 Å². The van der Waals surface area contributed by atoms with Crippen LogP contribution in [0.25, 0.3) is 0 Å². The van der Waals surface area contributed by atoms with Crippen molar-refractivity contribution in [2.24, 2.45) is 11.8 Å². The summed E-state index contributed by atoms with van der Waals surface area (Å²) in [5, 5.41) is 2.92. The van der Waals surface area contributed by atoms with Crippen LogP contribution in [-0.2, 0) is 4.74 Å². The first kappa shape index (κ1) is 26.9. The molecular weight excluding hydrogens is 470 g/mol. The number of ether oxygens (including phenoxy) is 3. The first-order chi connectivity index (χ1) is 17.8. The molecule has 0 unspecified atom stereocenters. The fraction of sp³-hybridized carbons (Fsp3) is 0.517. The maximum atomic E-state index is 13.4. The zero-order valence-electron chi connectivity index (χ0n) is 22.5. The number of hydrogen-bond acceptors (Lipinski definition) is 6. The number of carbonyl (C=O) groups is 2. The molecule has 2 aromatic carbocycles. The molecule has 1 heterocycles. The van der Waals surface area contributed by atoms with E-state index in [-0.39, 0.29) is 29.9 Å². The monoisotopic (exact) mass is 509 g/mol. The highest BCUT2D eigenvalue weighted by molar-refractivity contribution is 6.05. The van der Waals surface area contributed by atoms with Crippen molar-refractivity contribution < 1.29 is 23.8 Å². The van der Waals surface area contributed by atoms with E-state index in [1.165, 1.54) is 12.8 Å². The number of hydrogen-bond donors (Lipinski definition) is 1. The summed E-state index contributed by atoms with van der Waals surface area (Å²) in [4.78, 5) is 30.5. The molecule has 1 fully saturated rings. The van der Waals surface area contributed by atoms with Gasteiger partial charge in [-0.15, -0.1) is 0 Å². The Bertz CT molecular complexity index is 1100. The summed E-state index contributed by atoms with van der Waals surface area (Å²) in [5.74, 6) is 1.67. The average Bonchev–Trinajstić information content (AvgIpc) is 3.73. The molecule has 4 rings (SSSR count). The number of nitrogens with one attached hydrogen (secondary N) is 1. The van der Waals surface area contributed by atoms with Crippen molar-refractivity contribution in [1.29, 1.82) is 0 Å². The molecule has 2 aromatic rings. The topological polar surface area (TPSA) is 80.3 Å². The smallest absolute Gasteiger partial charge is 0.257 e. The van der Waals surface area contributed by atoms with Crippen LogP contribution in [0.15, 0.2) is 42.5 Å². The molecule has 37 heavy (non-hydrogen) atoms. The average molecular weight is 510 g/mol. The molecule has 3 atom stereocenters. The van der Waals surface area contributed by atoms with E-state index in [4.69, 9.17) is 14.2 Å². The van der Waals surface area contributed by atoms with Gasteiger partial charge in [-0.05, 0) is 61.9 Å². The van der Waals surface area contributed by atoms with Crippen LogP contribution in [0.1, 0.15) is 47.4 Å². The molecule has 2 amide bonds. The Morgan fingerprint density at radius 1 is 1.11 bits per heavy atom. The number of methoxy groups -OCH3 is 2. The fourth-order valence-corrected chi connectivity index (χ4v) is 4.78. The second-order valence-electron chi connectivity index (χ2n) is 10.4. The summed E-state index contributed by atoms with van der Waals surface area (Å²) in [5.41, 5.74) is 1.50. The largest absolute Gasteiger partial charge is 0.497 e. The van der Waals surface area contributed by atoms with Crippen molar-refractivity contribution in [2.45, 2.75) is 38.8 Å². The van der Waals surface area contributed by atoms with Crippen molar-refractivity contribution in [3.05, 3.63) is 53.6 Å². The van der Waals surface area contributed by atoms with Gasteiger partial charge in [0.05, 0.1) is 18.8 Å². The van der Waals surface area contributed by atoms with Gasteiger partial charge in [0, 0.05) is 57.2 Å². The first-order valence-corrected chi connectivity index (χ1v) is 13.0. The van der Waals surface area contributed by atoms with Gasteiger partial charge >= 0.3 is 0 Å². The third kappa shape index (κ3) is 6.81. The van der Waals surface area contributed by atoms with Crippen molar-refractivity contribution in [1.82, 2.24) is 9.80 Å². The zero-order chi connectivity index (χ0) is 26.5. The summed E-state index contributed by atoms with van der Waals surface area (Å²) in [6, 6.07) is 12.3. The number of benzene rings is 2. The van der Waals surface area contributed by atoms with Crippen molar-refractivity contribution >= 4 is 17.5 Å². The molecule has 8 heteroatoms. The van der Waals surface area contributed by atoms with E-state index in [9.17, 15) is 9.59 Å². The second kappa shape index (κ2) is 12.0. The third-order valence-corrected chi connectivity index (χ3v) is 7.36. The lowest BCUT2D eigenvalue weighted by atomic mass is 10.0. The Morgan fingerprint density at radius 3 is 2.59 bits per heavy atom. The molecule has 0 spiro atoms. The number of fused-ring (bicyclic) bond motifs is 1. The van der Waals surface area contributed by atoms with Crippen LogP contribution in [0, 0.1) is 11.8 Å². The standard InChI is InChI=1S/C29H39N3O5/c1-19-15-32(16-21-9-10-21)20(2)18-37-26-14-23(30-28(33)22-7-6-8-24(13-22)35-4)11-12-25(26)29(34)31(3)17-27(19)36-5/h6-8,11-14,19-21,27H,9-10,15-18H2,1-5H3,(H,30,33)/t19-,20-,27-/m1/s1. The molecule has 2 aliphatic rings. The van der Waals surface area contributed by atoms with E-state index in [0.29, 0.717) is 41.5 Å². The molecule has 1 saturated carbocycles. The van der Waals surface area contributed by atoms with E-state index in [0.717, 1.165) is 19.0 Å². The van der Waals surface area contributed by atoms with Gasteiger partial charge in [0.1, 0.15) is 18.1 Å². The maximum Gasteiger partial charge on any atom is 0.257 e. The summed E-state index contributed by atoms with van der Waals surface area (Å²) >= 11 is 0. The molecular formula is C29H39N3O5. The van der Waals surface area contributed by atoms with Crippen LogP contribution in [0.5, 0.6) is 11.5 Å². The van der Waals surface area contributed by atoms with Gasteiger partial charge in [-0.25, -0.2) is 0 Å². The van der Waals surface area contributed by atoms with Crippen LogP contribution < -0.4 is 14.8 Å². The van der Waals surface area contributed by atoms with E-state index < -0.39 is 0 Å². The Balaban J connectivity index is 1.60. The van der Waals surface area contributed by atoms with E-state index in [1.54, 1.807) is 68.6 Å². The van der Waals surface area contributed by atoms with E-state index >= 15 is 0 Å². The first-order valence-electron chi connectivity index (χ1n) is 13.0. The normalized spacial score (nSPS) is 23.3. The predicted octanol–water partition coefficient (Wildman–Crippen LogP) is 4.16. The number of likely N-dealkylation sites (N-methyl/N-ethyl adjacent to an activating group) is 1. The number of carbonyl (C=O) groups excluding carboxylic acids is 2. The summed E-state index contributed by atoms with van der Waals surface area (Å²) < 4.78 is 17.3. The highest BCUT2D eigenvalue weighted by Crippen LogP contribution is 2.32. The van der Waals surface area contributed by atoms with Gasteiger partial charge in [0.25, 0.3) is 11.8 Å². The zero-order valence-corrected chi connectivity index (χ0v) is 22.5. The predicted molar refractivity (Wildman–Crippen MR) is 144 cm³/mol. The van der Waals surface area contributed by atoms with Crippen LogP contribution >= 0.6 is 0 Å². The lowest BCUT2D eigenvalue weighted by molar-refractivity contribution is 0.00994. The van der Waals surface area contributed by atoms with Gasteiger partial charge < -0.3 is 24.4 Å². The molecule has 0 bridgehead atoms. The van der Waals surface area contributed by atoms with Crippen molar-refractivity contribution in [2.75, 3.05) is 52.8 Å². The fourth-order valence-electron chi connectivity index (χ4n) is 4.78. The van der Waals surface area contributed by atoms with Gasteiger partial charge in [0.15, 0.2) is 0 Å². The minimum Gasteiger partial charge on any atom is -0.497 e. The van der Waals surface area contributed by atoms with Gasteiger partial charge in [-0.2, -0.15) is 0 Å². The van der Waals surface area contributed by atoms with Crippen LogP contribution in [0.3, 0.4) is 0 Å². The van der Waals surface area contributed by atoms with Crippen LogP contribution in [0.2, 0.25) is 0 Å². The molecule has 0 radical (unpaired) electrons. The quantitative estimate of drug-likeness (QED) is 0.630. The summed E-state index contributed by atoms with van der Waals surface area (Å²) in [6.07, 6.45) is 2.48. The maximum absolute atomic E-state index is 13.4. The Kier molecular flexibility index (Phi) is 8.71. The number of nitrogens with zero attached hydrogens (tertiary/aromatic N) is 2. The summed E-state index contributed by atoms with van der Waals surface area (Å²) in [7, 11) is 5.07. The molecule has 1 N–H and O–H groups in total. The molecule has 1 aliphatic carbocycles. The molecule has 0 saturated heterocycles. The van der Waals surface area contributed by atoms with Crippen molar-refractivity contribution in [3.8, 4) is 11.5 Å². The second-order valence-corrected chi connectivity index (χ2v) is 10.4. The molecule has 200 valence electrons. The Labute approximate surface area is 219 Å². The highest BCUT2D eigenvalue weighted by atomic mass is 16.5. The number of anilines is 1. The molecule has 8 nitrogen and oxygen atoms in total. The minimum atomic E-state index is -0.267. The minimum absolute atomic E-state index is 0.0759. The van der Waals surface area contributed by atoms with Gasteiger partial charge in [-0.3, -0.25) is 14.5 Å². The highest BCUT2D eigenvalue weighted by Gasteiger charge is 2.31. The number of amides is 2. The Morgan fingerprint density at radius 2 is 1.89 bits per heavy atom. The van der Waals surface area contributed by atoms with Crippen LogP contribution in [-0.4, -0.2) is 81.3 Å². The van der Waals surface area contributed by atoms with Crippen LogP contribution in [0.4, 0.5) is 5.69 Å².